The Kier molecular flexibility index (Phi) is 6.08. The van der Waals surface area contributed by atoms with Gasteiger partial charge in [0.15, 0.2) is 6.29 Å². The normalized spacial score (nSPS) is 33.6. The third kappa shape index (κ3) is 3.98. The van der Waals surface area contributed by atoms with Gasteiger partial charge in [-0.3, -0.25) is 0 Å². The van der Waals surface area contributed by atoms with Crippen molar-refractivity contribution in [2.45, 2.75) is 43.7 Å². The number of azide groups is 1. The molecule has 0 radical (unpaired) electrons. The maximum absolute atomic E-state index is 11.5. The van der Waals surface area contributed by atoms with Crippen molar-refractivity contribution < 1.29 is 28.5 Å². The number of carbonyl (C=O) groups excluding carboxylic acids is 1. The van der Waals surface area contributed by atoms with Gasteiger partial charge >= 0.3 is 5.97 Å². The average molecular weight is 363 g/mol. The van der Waals surface area contributed by atoms with Crippen LogP contribution >= 0.6 is 0 Å². The van der Waals surface area contributed by atoms with E-state index >= 15 is 0 Å². The Labute approximate surface area is 150 Å². The van der Waals surface area contributed by atoms with Crippen LogP contribution in [-0.4, -0.2) is 56.8 Å². The number of methoxy groups -OCH3 is 1. The van der Waals surface area contributed by atoms with Crippen molar-refractivity contribution >= 4 is 5.97 Å². The summed E-state index contributed by atoms with van der Waals surface area (Å²) in [6, 6.07) is 8.84. The lowest BCUT2D eigenvalue weighted by Crippen LogP contribution is -2.61. The summed E-state index contributed by atoms with van der Waals surface area (Å²) in [4.78, 5) is 14.4. The molecule has 1 aromatic rings. The zero-order valence-electron chi connectivity index (χ0n) is 14.6. The first-order valence-corrected chi connectivity index (χ1v) is 8.34. The van der Waals surface area contributed by atoms with Crippen LogP contribution in [0.2, 0.25) is 0 Å². The number of esters is 1. The molecule has 2 fully saturated rings. The average Bonchev–Trinajstić information content (AvgIpc) is 2.68. The van der Waals surface area contributed by atoms with Crippen molar-refractivity contribution in [3.63, 3.8) is 0 Å². The van der Waals surface area contributed by atoms with E-state index in [2.05, 4.69) is 14.8 Å². The number of rotatable bonds is 5. The highest BCUT2D eigenvalue weighted by atomic mass is 16.7. The Balaban J connectivity index is 1.81. The number of fused-ring (bicyclic) bond motifs is 1. The molecule has 4 unspecified atom stereocenters. The molecular weight excluding hydrogens is 342 g/mol. The van der Waals surface area contributed by atoms with E-state index in [1.54, 1.807) is 6.92 Å². The Morgan fingerprint density at radius 1 is 1.35 bits per heavy atom. The number of carbonyl (C=O) groups is 1. The smallest absolute Gasteiger partial charge is 0.331 e. The minimum Gasteiger partial charge on any atom is -0.467 e. The zero-order chi connectivity index (χ0) is 18.5. The van der Waals surface area contributed by atoms with E-state index in [-0.39, 0.29) is 6.61 Å². The second-order valence-corrected chi connectivity index (χ2v) is 6.10. The molecule has 1 aromatic carbocycles. The number of nitrogens with zero attached hydrogens (tertiary/aromatic N) is 3. The predicted molar refractivity (Wildman–Crippen MR) is 89.0 cm³/mol. The Hall–Kier alpha value is -2.16. The fourth-order valence-corrected chi connectivity index (χ4v) is 3.19. The molecule has 9 heteroatoms. The second kappa shape index (κ2) is 8.48. The topological polar surface area (TPSA) is 112 Å². The lowest BCUT2D eigenvalue weighted by molar-refractivity contribution is -0.316. The molecule has 2 aliphatic rings. The summed E-state index contributed by atoms with van der Waals surface area (Å²) < 4.78 is 28.1. The van der Waals surface area contributed by atoms with Crippen LogP contribution in [0, 0.1) is 0 Å². The molecule has 26 heavy (non-hydrogen) atoms. The van der Waals surface area contributed by atoms with Crippen LogP contribution in [0.25, 0.3) is 10.4 Å². The minimum absolute atomic E-state index is 0.269. The molecule has 9 nitrogen and oxygen atoms in total. The number of hydrogen-bond donors (Lipinski definition) is 0. The van der Waals surface area contributed by atoms with Gasteiger partial charge in [0.05, 0.1) is 32.0 Å². The summed E-state index contributed by atoms with van der Waals surface area (Å²) >= 11 is 0. The summed E-state index contributed by atoms with van der Waals surface area (Å²) in [6.07, 6.45) is -2.60. The van der Waals surface area contributed by atoms with E-state index in [4.69, 9.17) is 24.5 Å². The largest absolute Gasteiger partial charge is 0.467 e. The molecule has 2 saturated heterocycles. The summed E-state index contributed by atoms with van der Waals surface area (Å²) in [5.41, 5.74) is 9.75. The molecule has 0 bridgehead atoms. The van der Waals surface area contributed by atoms with Crippen molar-refractivity contribution in [2.24, 2.45) is 5.11 Å². The van der Waals surface area contributed by atoms with Crippen molar-refractivity contribution in [1.82, 2.24) is 0 Å². The van der Waals surface area contributed by atoms with Crippen LogP contribution in [0.1, 0.15) is 18.8 Å². The van der Waals surface area contributed by atoms with Gasteiger partial charge in [-0.2, -0.15) is 0 Å². The molecule has 2 aliphatic heterocycles. The van der Waals surface area contributed by atoms with Gasteiger partial charge in [0.2, 0.25) is 0 Å². The fraction of sp³-hybridized carbons (Fsp3) is 0.588. The van der Waals surface area contributed by atoms with Crippen LogP contribution in [0.4, 0.5) is 0 Å². The second-order valence-electron chi connectivity index (χ2n) is 6.10. The minimum atomic E-state index is -0.658. The molecule has 0 aromatic heterocycles. The van der Waals surface area contributed by atoms with Crippen molar-refractivity contribution in [3.8, 4) is 0 Å². The van der Waals surface area contributed by atoms with Gasteiger partial charge in [0, 0.05) is 10.5 Å². The highest BCUT2D eigenvalue weighted by molar-refractivity contribution is 5.70. The lowest BCUT2D eigenvalue weighted by atomic mass is 9.93. The maximum atomic E-state index is 11.5. The SMILES string of the molecule is COC(=O)CO[C@@H]1C(N=[N+]=[N-])C(C)OC2COC(c3ccccc3)O[C@H]21. The van der Waals surface area contributed by atoms with Crippen molar-refractivity contribution in [3.05, 3.63) is 46.3 Å². The first-order valence-electron chi connectivity index (χ1n) is 8.34. The van der Waals surface area contributed by atoms with E-state index in [0.29, 0.717) is 6.61 Å². The van der Waals surface area contributed by atoms with Gasteiger partial charge in [0.25, 0.3) is 0 Å². The molecule has 2 heterocycles. The van der Waals surface area contributed by atoms with E-state index in [1.165, 1.54) is 7.11 Å². The maximum Gasteiger partial charge on any atom is 0.331 e. The van der Waals surface area contributed by atoms with E-state index in [9.17, 15) is 4.79 Å². The summed E-state index contributed by atoms with van der Waals surface area (Å²) in [7, 11) is 1.28. The van der Waals surface area contributed by atoms with Crippen molar-refractivity contribution in [2.75, 3.05) is 20.3 Å². The molecule has 3 rings (SSSR count). The van der Waals surface area contributed by atoms with Crippen LogP contribution in [0.5, 0.6) is 0 Å². The summed E-state index contributed by atoms with van der Waals surface area (Å²) in [5, 5.41) is 3.80. The van der Waals surface area contributed by atoms with Crippen LogP contribution < -0.4 is 0 Å². The standard InChI is InChI=1S/C17H21N3O6/c1-10-14(19-20-18)16(23-9-13(21)22-2)15-12(25-10)8-24-17(26-15)11-6-4-3-5-7-11/h3-7,10,12,14-17H,8-9H2,1-2H3/t10?,12?,14?,15-,16-,17?/m1/s1. The monoisotopic (exact) mass is 363 g/mol. The molecule has 0 amide bonds. The summed E-state index contributed by atoms with van der Waals surface area (Å²) in [6.45, 7) is 1.82. The van der Waals surface area contributed by atoms with Crippen molar-refractivity contribution in [1.29, 1.82) is 0 Å². The van der Waals surface area contributed by atoms with E-state index in [0.717, 1.165) is 5.56 Å². The van der Waals surface area contributed by atoms with E-state index < -0.39 is 42.7 Å². The lowest BCUT2D eigenvalue weighted by Gasteiger charge is -2.47. The Morgan fingerprint density at radius 2 is 2.12 bits per heavy atom. The number of ether oxygens (including phenoxy) is 5. The van der Waals surface area contributed by atoms with Crippen LogP contribution in [0.15, 0.2) is 35.4 Å². The molecular formula is C17H21N3O6. The first-order chi connectivity index (χ1) is 12.6. The van der Waals surface area contributed by atoms with Crippen LogP contribution in [-0.2, 0) is 28.5 Å². The zero-order valence-corrected chi connectivity index (χ0v) is 14.6. The van der Waals surface area contributed by atoms with Gasteiger partial charge in [0.1, 0.15) is 18.8 Å². The Bertz CT molecular complexity index is 666. The molecule has 140 valence electrons. The molecule has 0 N–H and O–H groups in total. The van der Waals surface area contributed by atoms with Gasteiger partial charge < -0.3 is 23.7 Å². The fourth-order valence-electron chi connectivity index (χ4n) is 3.19. The number of hydrogen-bond acceptors (Lipinski definition) is 7. The highest BCUT2D eigenvalue weighted by Crippen LogP contribution is 2.36. The third-order valence-corrected chi connectivity index (χ3v) is 4.47. The first kappa shape index (κ1) is 18.6. The Morgan fingerprint density at radius 3 is 2.81 bits per heavy atom. The predicted octanol–water partition coefficient (Wildman–Crippen LogP) is 2.12. The van der Waals surface area contributed by atoms with E-state index in [1.807, 2.05) is 30.3 Å². The number of benzene rings is 1. The quantitative estimate of drug-likeness (QED) is 0.343. The van der Waals surface area contributed by atoms with Crippen LogP contribution in [0.3, 0.4) is 0 Å². The molecule has 6 atom stereocenters. The van der Waals surface area contributed by atoms with Gasteiger partial charge in [-0.1, -0.05) is 35.4 Å². The highest BCUT2D eigenvalue weighted by Gasteiger charge is 2.49. The molecule has 0 spiro atoms. The van der Waals surface area contributed by atoms with Gasteiger partial charge in [-0.25, -0.2) is 4.79 Å². The molecule has 0 aliphatic carbocycles. The van der Waals surface area contributed by atoms with Gasteiger partial charge in [-0.15, -0.1) is 0 Å². The molecule has 0 saturated carbocycles. The van der Waals surface area contributed by atoms with Gasteiger partial charge in [-0.05, 0) is 12.5 Å². The summed E-state index contributed by atoms with van der Waals surface area (Å²) in [5.74, 6) is -0.521. The third-order valence-electron chi connectivity index (χ3n) is 4.47.